The van der Waals surface area contributed by atoms with Crippen molar-refractivity contribution in [2.24, 2.45) is 0 Å². The number of hydrogen-bond acceptors (Lipinski definition) is 4. The Labute approximate surface area is 224 Å². The average Bonchev–Trinajstić information content (AvgIpc) is 2.93. The van der Waals surface area contributed by atoms with Crippen molar-refractivity contribution in [3.8, 4) is 11.4 Å². The number of carbonyl (C=O) groups excluding carboxylic acids is 1. The van der Waals surface area contributed by atoms with E-state index in [0.29, 0.717) is 41.1 Å². The van der Waals surface area contributed by atoms with Crippen molar-refractivity contribution < 1.29 is 9.53 Å². The fourth-order valence-corrected chi connectivity index (χ4v) is 4.69. The summed E-state index contributed by atoms with van der Waals surface area (Å²) in [6.45, 7) is 8.71. The number of nitrogens with one attached hydrogen (secondary N) is 1. The van der Waals surface area contributed by atoms with Crippen LogP contribution in [0.5, 0.6) is 5.75 Å². The zero-order valence-corrected chi connectivity index (χ0v) is 22.8. The topological polar surface area (TPSA) is 76.5 Å². The molecule has 1 unspecified atom stereocenters. The van der Waals surface area contributed by atoms with Gasteiger partial charge in [0.05, 0.1) is 35.4 Å². The van der Waals surface area contributed by atoms with Gasteiger partial charge in [-0.05, 0) is 74.2 Å². The lowest BCUT2D eigenvalue weighted by molar-refractivity contribution is 0.180. The number of nitrogens with zero attached hydrogens (tertiary/aromatic N) is 3. The minimum absolute atomic E-state index is 0.145. The number of urea groups is 1. The Kier molecular flexibility index (Phi) is 8.46. The van der Waals surface area contributed by atoms with Gasteiger partial charge in [0.2, 0.25) is 0 Å². The molecule has 0 aliphatic rings. The van der Waals surface area contributed by atoms with Crippen LogP contribution in [0.2, 0.25) is 0 Å². The van der Waals surface area contributed by atoms with Crippen LogP contribution in [0.15, 0.2) is 71.5 Å². The molecule has 7 heteroatoms. The quantitative estimate of drug-likeness (QED) is 0.268. The number of anilines is 1. The number of unbranched alkanes of at least 4 members (excludes halogenated alkanes) is 1. The van der Waals surface area contributed by atoms with Gasteiger partial charge in [0.25, 0.3) is 5.56 Å². The molecule has 1 N–H and O–H groups in total. The summed E-state index contributed by atoms with van der Waals surface area (Å²) in [4.78, 5) is 34.5. The number of methoxy groups -OCH3 is 1. The first kappa shape index (κ1) is 26.9. The van der Waals surface area contributed by atoms with E-state index >= 15 is 0 Å². The van der Waals surface area contributed by atoms with Crippen LogP contribution in [0.1, 0.15) is 56.1 Å². The highest BCUT2D eigenvalue weighted by atomic mass is 16.5. The van der Waals surface area contributed by atoms with Gasteiger partial charge in [-0.3, -0.25) is 9.36 Å². The van der Waals surface area contributed by atoms with Crippen molar-refractivity contribution in [2.75, 3.05) is 19.0 Å². The Morgan fingerprint density at radius 2 is 1.76 bits per heavy atom. The molecule has 38 heavy (non-hydrogen) atoms. The lowest BCUT2D eigenvalue weighted by Gasteiger charge is -2.32. The maximum atomic E-state index is 13.9. The van der Waals surface area contributed by atoms with E-state index in [1.165, 1.54) is 0 Å². The SMILES string of the molecule is CCCCN(C(=O)Nc1ccccc1OC)C(CC)c1nc2ccccc2c(=O)n1-c1ccc(C)c(C)c1. The lowest BCUT2D eigenvalue weighted by Crippen LogP contribution is -2.41. The summed E-state index contributed by atoms with van der Waals surface area (Å²) in [5.74, 6) is 1.13. The van der Waals surface area contributed by atoms with Crippen LogP contribution < -0.4 is 15.6 Å². The van der Waals surface area contributed by atoms with Crippen molar-refractivity contribution in [1.82, 2.24) is 14.5 Å². The van der Waals surface area contributed by atoms with Gasteiger partial charge in [-0.25, -0.2) is 9.78 Å². The van der Waals surface area contributed by atoms with Crippen LogP contribution in [0.3, 0.4) is 0 Å². The van der Waals surface area contributed by atoms with E-state index in [1.807, 2.05) is 81.4 Å². The number of fused-ring (bicyclic) bond motifs is 1. The van der Waals surface area contributed by atoms with Gasteiger partial charge < -0.3 is 15.0 Å². The smallest absolute Gasteiger partial charge is 0.322 e. The van der Waals surface area contributed by atoms with Gasteiger partial charge >= 0.3 is 6.03 Å². The number of carbonyl (C=O) groups is 1. The Morgan fingerprint density at radius 3 is 2.47 bits per heavy atom. The predicted octanol–water partition coefficient (Wildman–Crippen LogP) is 6.80. The van der Waals surface area contributed by atoms with Crippen LogP contribution in [0.25, 0.3) is 16.6 Å². The van der Waals surface area contributed by atoms with E-state index < -0.39 is 6.04 Å². The van der Waals surface area contributed by atoms with Crippen LogP contribution in [-0.4, -0.2) is 34.1 Å². The van der Waals surface area contributed by atoms with Gasteiger partial charge in [0.1, 0.15) is 11.6 Å². The molecule has 4 rings (SSSR count). The third-order valence-corrected chi connectivity index (χ3v) is 6.97. The molecule has 1 atom stereocenters. The normalized spacial score (nSPS) is 11.8. The molecule has 2 amide bonds. The summed E-state index contributed by atoms with van der Waals surface area (Å²) in [5, 5.41) is 3.57. The number of ether oxygens (including phenoxy) is 1. The number of hydrogen-bond donors (Lipinski definition) is 1. The molecule has 0 saturated heterocycles. The van der Waals surface area contributed by atoms with Gasteiger partial charge in [-0.2, -0.15) is 0 Å². The number of aromatic nitrogens is 2. The molecule has 0 radical (unpaired) electrons. The largest absolute Gasteiger partial charge is 0.495 e. The lowest BCUT2D eigenvalue weighted by atomic mass is 10.1. The summed E-state index contributed by atoms with van der Waals surface area (Å²) in [6.07, 6.45) is 2.32. The highest BCUT2D eigenvalue weighted by molar-refractivity contribution is 5.91. The Hall–Kier alpha value is -4.13. The van der Waals surface area contributed by atoms with Crippen LogP contribution in [-0.2, 0) is 0 Å². The Morgan fingerprint density at radius 1 is 1.03 bits per heavy atom. The van der Waals surface area contributed by atoms with Gasteiger partial charge in [0.15, 0.2) is 0 Å². The second-order valence-electron chi connectivity index (χ2n) is 9.50. The molecule has 0 bridgehead atoms. The molecule has 0 spiro atoms. The maximum absolute atomic E-state index is 13.9. The standard InChI is InChI=1S/C31H36N4O3/c1-6-8-19-34(31(37)33-26-15-11-12-16-28(26)38-5)27(7-2)29-32-25-14-10-9-13-24(25)30(36)35(29)23-18-17-21(3)22(4)20-23/h9-18,20,27H,6-8,19H2,1-5H3,(H,33,37). The minimum atomic E-state index is -0.435. The molecular formula is C31H36N4O3. The zero-order chi connectivity index (χ0) is 27.2. The monoisotopic (exact) mass is 512 g/mol. The van der Waals surface area contributed by atoms with E-state index in [4.69, 9.17) is 9.72 Å². The molecule has 0 aliphatic carbocycles. The van der Waals surface area contributed by atoms with Gasteiger partial charge in [0, 0.05) is 6.54 Å². The third kappa shape index (κ3) is 5.42. The minimum Gasteiger partial charge on any atom is -0.495 e. The van der Waals surface area contributed by atoms with Gasteiger partial charge in [-0.1, -0.05) is 50.6 Å². The molecule has 0 saturated carbocycles. The van der Waals surface area contributed by atoms with Crippen LogP contribution >= 0.6 is 0 Å². The first-order chi connectivity index (χ1) is 18.4. The maximum Gasteiger partial charge on any atom is 0.322 e. The molecule has 7 nitrogen and oxygen atoms in total. The number of para-hydroxylation sites is 3. The van der Waals surface area contributed by atoms with E-state index in [-0.39, 0.29) is 11.6 Å². The van der Waals surface area contributed by atoms with Gasteiger partial charge in [-0.15, -0.1) is 0 Å². The summed E-state index contributed by atoms with van der Waals surface area (Å²) in [5.41, 5.74) is 4.03. The van der Waals surface area contributed by atoms with Crippen molar-refractivity contribution in [3.63, 3.8) is 0 Å². The Balaban J connectivity index is 1.88. The number of rotatable bonds is 9. The average molecular weight is 513 g/mol. The number of benzene rings is 3. The molecule has 0 fully saturated rings. The highest BCUT2D eigenvalue weighted by Crippen LogP contribution is 2.29. The van der Waals surface area contributed by atoms with Crippen LogP contribution in [0.4, 0.5) is 10.5 Å². The molecule has 198 valence electrons. The van der Waals surface area contributed by atoms with Crippen LogP contribution in [0, 0.1) is 13.8 Å². The summed E-state index contributed by atoms with van der Waals surface area (Å²) >= 11 is 0. The first-order valence-corrected chi connectivity index (χ1v) is 13.2. The molecular weight excluding hydrogens is 476 g/mol. The summed E-state index contributed by atoms with van der Waals surface area (Å²) in [7, 11) is 1.58. The summed E-state index contributed by atoms with van der Waals surface area (Å²) < 4.78 is 7.13. The van der Waals surface area contributed by atoms with Crippen molar-refractivity contribution in [2.45, 2.75) is 53.0 Å². The van der Waals surface area contributed by atoms with E-state index in [9.17, 15) is 9.59 Å². The molecule has 1 aromatic heterocycles. The second kappa shape index (κ2) is 11.9. The first-order valence-electron chi connectivity index (χ1n) is 13.2. The zero-order valence-electron chi connectivity index (χ0n) is 22.8. The highest BCUT2D eigenvalue weighted by Gasteiger charge is 2.29. The van der Waals surface area contributed by atoms with Crippen molar-refractivity contribution in [3.05, 3.63) is 94.0 Å². The van der Waals surface area contributed by atoms with E-state index in [0.717, 1.165) is 29.7 Å². The van der Waals surface area contributed by atoms with E-state index in [1.54, 1.807) is 22.6 Å². The Bertz CT molecular complexity index is 1490. The number of amides is 2. The number of aryl methyl sites for hydroxylation is 2. The second-order valence-corrected chi connectivity index (χ2v) is 9.50. The molecule has 3 aromatic carbocycles. The predicted molar refractivity (Wildman–Crippen MR) is 153 cm³/mol. The summed E-state index contributed by atoms with van der Waals surface area (Å²) in [6, 6.07) is 20.0. The molecule has 1 heterocycles. The molecule has 0 aliphatic heterocycles. The van der Waals surface area contributed by atoms with Crippen molar-refractivity contribution >= 4 is 22.6 Å². The van der Waals surface area contributed by atoms with Crippen molar-refractivity contribution in [1.29, 1.82) is 0 Å². The fraction of sp³-hybridized carbons (Fsp3) is 0.323. The third-order valence-electron chi connectivity index (χ3n) is 6.97. The van der Waals surface area contributed by atoms with E-state index in [2.05, 4.69) is 12.2 Å². The fourth-order valence-electron chi connectivity index (χ4n) is 4.69. The molecule has 4 aromatic rings.